The zero-order valence-electron chi connectivity index (χ0n) is 16.4. The van der Waals surface area contributed by atoms with Crippen molar-refractivity contribution in [2.24, 2.45) is 0 Å². The summed E-state index contributed by atoms with van der Waals surface area (Å²) < 4.78 is 26.2. The minimum atomic E-state index is -0.334. The van der Waals surface area contributed by atoms with Crippen LogP contribution in [-0.2, 0) is 0 Å². The summed E-state index contributed by atoms with van der Waals surface area (Å²) in [5.74, 6) is 0.441. The van der Waals surface area contributed by atoms with Crippen LogP contribution in [0, 0.1) is 5.82 Å². The largest absolute Gasteiger partial charge is 0.491 e. The maximum atomic E-state index is 13.8. The number of carbonyl (C=O) groups is 1. The monoisotopic (exact) mass is 414 g/mol. The van der Waals surface area contributed by atoms with Crippen LogP contribution in [0.4, 0.5) is 4.39 Å². The van der Waals surface area contributed by atoms with E-state index >= 15 is 0 Å². The van der Waals surface area contributed by atoms with Crippen LogP contribution in [0.5, 0.6) is 10.9 Å². The molecule has 0 aliphatic carbocycles. The summed E-state index contributed by atoms with van der Waals surface area (Å²) in [6.45, 7) is 5.17. The number of rotatable bonds is 5. The number of ether oxygens (including phenoxy) is 2. The molecule has 152 valence electrons. The summed E-state index contributed by atoms with van der Waals surface area (Å²) in [5.41, 5.74) is 1.01. The molecular weight excluding hydrogens is 391 g/mol. The lowest BCUT2D eigenvalue weighted by atomic mass is 10.1. The molecule has 3 aromatic rings. The summed E-state index contributed by atoms with van der Waals surface area (Å²) in [7, 11) is 0. The van der Waals surface area contributed by atoms with Crippen molar-refractivity contribution in [3.8, 4) is 10.9 Å². The molecule has 1 aliphatic rings. The molecule has 0 spiro atoms. The maximum absolute atomic E-state index is 13.8. The first-order valence-corrected chi connectivity index (χ1v) is 10.6. The highest BCUT2D eigenvalue weighted by atomic mass is 32.1. The van der Waals surface area contributed by atoms with Crippen LogP contribution >= 0.6 is 11.3 Å². The van der Waals surface area contributed by atoms with Gasteiger partial charge in [0.2, 0.25) is 0 Å². The lowest BCUT2D eigenvalue weighted by Crippen LogP contribution is -2.41. The molecule has 7 heteroatoms. The van der Waals surface area contributed by atoms with Gasteiger partial charge in [-0.05, 0) is 50.2 Å². The van der Waals surface area contributed by atoms with E-state index in [-0.39, 0.29) is 23.9 Å². The molecule has 2 aromatic carbocycles. The van der Waals surface area contributed by atoms with Gasteiger partial charge in [-0.15, -0.1) is 0 Å². The van der Waals surface area contributed by atoms with Gasteiger partial charge in [-0.3, -0.25) is 4.79 Å². The molecule has 0 radical (unpaired) electrons. The van der Waals surface area contributed by atoms with Crippen LogP contribution in [-0.4, -0.2) is 41.1 Å². The Kier molecular flexibility index (Phi) is 5.67. The molecule has 1 amide bonds. The molecule has 1 saturated heterocycles. The summed E-state index contributed by atoms with van der Waals surface area (Å²) >= 11 is 1.35. The molecule has 1 aliphatic heterocycles. The molecule has 29 heavy (non-hydrogen) atoms. The number of benzene rings is 2. The molecular formula is C22H23FN2O3S. The fourth-order valence-corrected chi connectivity index (χ4v) is 4.29. The Bertz CT molecular complexity index is 995. The van der Waals surface area contributed by atoms with Gasteiger partial charge in [-0.1, -0.05) is 17.4 Å². The second-order valence-corrected chi connectivity index (χ2v) is 8.36. The van der Waals surface area contributed by atoms with E-state index in [1.807, 2.05) is 36.9 Å². The van der Waals surface area contributed by atoms with Gasteiger partial charge in [0.25, 0.3) is 11.1 Å². The van der Waals surface area contributed by atoms with E-state index < -0.39 is 0 Å². The van der Waals surface area contributed by atoms with Crippen LogP contribution < -0.4 is 9.47 Å². The predicted octanol–water partition coefficient (Wildman–Crippen LogP) is 4.91. The molecule has 4 rings (SSSR count). The number of piperidine rings is 1. The second-order valence-electron chi connectivity index (χ2n) is 7.37. The van der Waals surface area contributed by atoms with E-state index in [0.29, 0.717) is 29.4 Å². The normalized spacial score (nSPS) is 15.1. The molecule has 0 saturated carbocycles. The number of carbonyl (C=O) groups excluding carboxylic acids is 1. The van der Waals surface area contributed by atoms with Crippen LogP contribution in [0.15, 0.2) is 42.5 Å². The third-order valence-corrected chi connectivity index (χ3v) is 5.73. The number of amides is 1. The van der Waals surface area contributed by atoms with Gasteiger partial charge in [-0.25, -0.2) is 4.39 Å². The molecule has 0 bridgehead atoms. The molecule has 2 heterocycles. The molecule has 5 nitrogen and oxygen atoms in total. The number of para-hydroxylation sites is 1. The average Bonchev–Trinajstić information content (AvgIpc) is 3.12. The summed E-state index contributed by atoms with van der Waals surface area (Å²) in [6, 6.07) is 12.2. The van der Waals surface area contributed by atoms with Crippen LogP contribution in [0.1, 0.15) is 37.0 Å². The zero-order valence-corrected chi connectivity index (χ0v) is 17.2. The first-order valence-electron chi connectivity index (χ1n) is 9.77. The van der Waals surface area contributed by atoms with Crippen molar-refractivity contribution in [1.82, 2.24) is 9.88 Å². The maximum Gasteiger partial charge on any atom is 0.274 e. The highest BCUT2D eigenvalue weighted by Gasteiger charge is 2.25. The number of halogens is 1. The predicted molar refractivity (Wildman–Crippen MR) is 111 cm³/mol. The number of hydrogen-bond donors (Lipinski definition) is 0. The van der Waals surface area contributed by atoms with Crippen molar-refractivity contribution in [1.29, 1.82) is 0 Å². The van der Waals surface area contributed by atoms with Crippen molar-refractivity contribution in [2.75, 3.05) is 13.1 Å². The van der Waals surface area contributed by atoms with E-state index in [1.165, 1.54) is 17.4 Å². The smallest absolute Gasteiger partial charge is 0.274 e. The van der Waals surface area contributed by atoms with Crippen LogP contribution in [0.2, 0.25) is 0 Å². The molecule has 1 fully saturated rings. The van der Waals surface area contributed by atoms with Gasteiger partial charge < -0.3 is 14.4 Å². The van der Waals surface area contributed by atoms with E-state index in [0.717, 1.165) is 23.3 Å². The number of fused-ring (bicyclic) bond motifs is 1. The lowest BCUT2D eigenvalue weighted by molar-refractivity contribution is 0.0595. The Morgan fingerprint density at radius 3 is 2.55 bits per heavy atom. The van der Waals surface area contributed by atoms with E-state index in [9.17, 15) is 9.18 Å². The summed E-state index contributed by atoms with van der Waals surface area (Å²) in [5, 5.41) is 0.482. The first-order chi connectivity index (χ1) is 14.0. The van der Waals surface area contributed by atoms with Crippen LogP contribution in [0.3, 0.4) is 0 Å². The Labute approximate surface area is 173 Å². The Balaban J connectivity index is 1.33. The minimum Gasteiger partial charge on any atom is -0.491 e. The minimum absolute atomic E-state index is 0.0154. The van der Waals surface area contributed by atoms with Gasteiger partial charge in [0.15, 0.2) is 0 Å². The van der Waals surface area contributed by atoms with Crippen molar-refractivity contribution in [3.05, 3.63) is 53.8 Å². The number of likely N-dealkylation sites (tertiary alicyclic amines) is 1. The molecule has 0 N–H and O–H groups in total. The standard InChI is InChI=1S/C22H23FN2O3S/c1-14(2)27-16-8-6-15(7-9-16)21(26)25-12-10-17(11-13-25)28-22-24-20-18(23)4-3-5-19(20)29-22/h3-9,14,17H,10-13H2,1-2H3. The van der Waals surface area contributed by atoms with Crippen LogP contribution in [0.25, 0.3) is 10.2 Å². The van der Waals surface area contributed by atoms with Gasteiger partial charge in [-0.2, -0.15) is 4.98 Å². The van der Waals surface area contributed by atoms with Crippen molar-refractivity contribution in [3.63, 3.8) is 0 Å². The summed E-state index contributed by atoms with van der Waals surface area (Å²) in [6.07, 6.45) is 1.52. The second kappa shape index (κ2) is 8.37. The third kappa shape index (κ3) is 4.50. The van der Waals surface area contributed by atoms with Gasteiger partial charge in [0, 0.05) is 31.5 Å². The van der Waals surface area contributed by atoms with Gasteiger partial charge in [0.1, 0.15) is 23.2 Å². The number of aromatic nitrogens is 1. The summed E-state index contributed by atoms with van der Waals surface area (Å²) in [4.78, 5) is 18.9. The number of thiazole rings is 1. The van der Waals surface area contributed by atoms with E-state index in [1.54, 1.807) is 18.2 Å². The zero-order chi connectivity index (χ0) is 20.4. The highest BCUT2D eigenvalue weighted by Crippen LogP contribution is 2.31. The molecule has 0 unspecified atom stereocenters. The number of hydrogen-bond acceptors (Lipinski definition) is 5. The highest BCUT2D eigenvalue weighted by molar-refractivity contribution is 7.20. The number of nitrogens with zero attached hydrogens (tertiary/aromatic N) is 2. The fraction of sp³-hybridized carbons (Fsp3) is 0.364. The van der Waals surface area contributed by atoms with Gasteiger partial charge >= 0.3 is 0 Å². The quantitative estimate of drug-likeness (QED) is 0.596. The fourth-order valence-electron chi connectivity index (χ4n) is 3.40. The Hall–Kier alpha value is -2.67. The SMILES string of the molecule is CC(C)Oc1ccc(C(=O)N2CCC(Oc3nc4c(F)cccc4s3)CC2)cc1. The lowest BCUT2D eigenvalue weighted by Gasteiger charge is -2.31. The van der Waals surface area contributed by atoms with Gasteiger partial charge in [0.05, 0.1) is 10.8 Å². The molecule has 0 atom stereocenters. The van der Waals surface area contributed by atoms with E-state index in [2.05, 4.69) is 4.98 Å². The third-order valence-electron chi connectivity index (χ3n) is 4.82. The van der Waals surface area contributed by atoms with Crippen molar-refractivity contribution >= 4 is 27.5 Å². The van der Waals surface area contributed by atoms with Crippen molar-refractivity contribution < 1.29 is 18.7 Å². The van der Waals surface area contributed by atoms with E-state index in [4.69, 9.17) is 9.47 Å². The van der Waals surface area contributed by atoms with Crippen molar-refractivity contribution in [2.45, 2.75) is 38.9 Å². The Morgan fingerprint density at radius 1 is 1.17 bits per heavy atom. The first kappa shape index (κ1) is 19.6. The molecule has 1 aromatic heterocycles. The Morgan fingerprint density at radius 2 is 1.90 bits per heavy atom. The average molecular weight is 415 g/mol. The topological polar surface area (TPSA) is 51.7 Å².